The van der Waals surface area contributed by atoms with Crippen LogP contribution in [0.1, 0.15) is 24.0 Å². The first kappa shape index (κ1) is 11.2. The van der Waals surface area contributed by atoms with Gasteiger partial charge in [-0.05, 0) is 12.1 Å². The Morgan fingerprint density at radius 3 is 3.00 bits per heavy atom. The molecule has 4 heteroatoms. The number of benzene rings is 1. The topological polar surface area (TPSA) is 47.9 Å². The highest BCUT2D eigenvalue weighted by atomic mass is 16.7. The van der Waals surface area contributed by atoms with Gasteiger partial charge in [-0.15, -0.1) is 0 Å². The van der Waals surface area contributed by atoms with Crippen LogP contribution in [0.3, 0.4) is 0 Å². The lowest BCUT2D eigenvalue weighted by atomic mass is 9.94. The highest BCUT2D eigenvalue weighted by Gasteiger charge is 2.22. The number of aliphatic hydroxyl groups is 1. The molecule has 1 aliphatic heterocycles. The molecule has 1 heterocycles. The number of rotatable bonds is 3. The molecule has 0 radical (unpaired) electrons. The second kappa shape index (κ2) is 4.72. The van der Waals surface area contributed by atoms with Gasteiger partial charge >= 0.3 is 0 Å². The van der Waals surface area contributed by atoms with Crippen molar-refractivity contribution in [1.82, 2.24) is 0 Å². The molecule has 88 valence electrons. The van der Waals surface area contributed by atoms with Crippen LogP contribution >= 0.6 is 0 Å². The summed E-state index contributed by atoms with van der Waals surface area (Å²) in [7, 11) is 1.62. The zero-order valence-electron chi connectivity index (χ0n) is 9.53. The lowest BCUT2D eigenvalue weighted by Crippen LogP contribution is -2.16. The Balaban J connectivity index is 2.51. The first-order valence-electron chi connectivity index (χ1n) is 5.29. The molecule has 0 saturated heterocycles. The summed E-state index contributed by atoms with van der Waals surface area (Å²) in [5, 5.41) is 9.27. The fraction of sp³-hybridized carbons (Fsp3) is 0.500. The monoisotopic (exact) mass is 224 g/mol. The molecule has 0 amide bonds. The summed E-state index contributed by atoms with van der Waals surface area (Å²) in [5.74, 6) is 1.60. The van der Waals surface area contributed by atoms with Gasteiger partial charge in [0, 0.05) is 23.7 Å². The SMILES string of the molecule is COc1ccc2c(c1C(C)CO)COCO2. The molecule has 1 atom stereocenters. The van der Waals surface area contributed by atoms with Crippen molar-refractivity contribution in [2.45, 2.75) is 19.4 Å². The summed E-state index contributed by atoms with van der Waals surface area (Å²) in [6.07, 6.45) is 0. The number of ether oxygens (including phenoxy) is 3. The molecule has 1 aliphatic rings. The maximum Gasteiger partial charge on any atom is 0.189 e. The predicted octanol–water partition coefficient (Wildman–Crippen LogP) is 1.66. The summed E-state index contributed by atoms with van der Waals surface area (Å²) in [4.78, 5) is 0. The van der Waals surface area contributed by atoms with Gasteiger partial charge in [0.2, 0.25) is 0 Å². The van der Waals surface area contributed by atoms with E-state index < -0.39 is 0 Å². The van der Waals surface area contributed by atoms with Crippen LogP contribution in [0.25, 0.3) is 0 Å². The van der Waals surface area contributed by atoms with Crippen LogP contribution in [0.5, 0.6) is 11.5 Å². The van der Waals surface area contributed by atoms with Gasteiger partial charge in [0.15, 0.2) is 6.79 Å². The molecule has 0 saturated carbocycles. The number of hydrogen-bond donors (Lipinski definition) is 1. The second-order valence-corrected chi connectivity index (χ2v) is 3.85. The van der Waals surface area contributed by atoms with Crippen LogP contribution in [-0.2, 0) is 11.3 Å². The summed E-state index contributed by atoms with van der Waals surface area (Å²) < 4.78 is 16.0. The smallest absolute Gasteiger partial charge is 0.189 e. The number of fused-ring (bicyclic) bond motifs is 1. The Morgan fingerprint density at radius 2 is 2.31 bits per heavy atom. The Kier molecular flexibility index (Phi) is 3.31. The van der Waals surface area contributed by atoms with E-state index in [9.17, 15) is 5.11 Å². The molecule has 16 heavy (non-hydrogen) atoms. The Morgan fingerprint density at radius 1 is 1.50 bits per heavy atom. The van der Waals surface area contributed by atoms with Crippen molar-refractivity contribution in [2.24, 2.45) is 0 Å². The normalized spacial score (nSPS) is 16.2. The van der Waals surface area contributed by atoms with E-state index in [1.807, 2.05) is 19.1 Å². The number of methoxy groups -OCH3 is 1. The standard InChI is InChI=1S/C12H16O4/c1-8(5-13)12-9-6-15-7-16-10(9)3-4-11(12)14-2/h3-4,8,13H,5-7H2,1-2H3. The van der Waals surface area contributed by atoms with Crippen molar-refractivity contribution < 1.29 is 19.3 Å². The van der Waals surface area contributed by atoms with E-state index in [1.165, 1.54) is 0 Å². The van der Waals surface area contributed by atoms with Crippen LogP contribution in [-0.4, -0.2) is 25.6 Å². The van der Waals surface area contributed by atoms with Crippen LogP contribution in [0, 0.1) is 0 Å². The molecule has 0 aliphatic carbocycles. The molecule has 1 aromatic rings. The van der Waals surface area contributed by atoms with E-state index >= 15 is 0 Å². The van der Waals surface area contributed by atoms with E-state index in [2.05, 4.69) is 0 Å². The fourth-order valence-corrected chi connectivity index (χ4v) is 1.97. The van der Waals surface area contributed by atoms with Crippen LogP contribution < -0.4 is 9.47 Å². The average molecular weight is 224 g/mol. The minimum absolute atomic E-state index is 0.00944. The summed E-state index contributed by atoms with van der Waals surface area (Å²) in [5.41, 5.74) is 1.95. The number of hydrogen-bond acceptors (Lipinski definition) is 4. The lowest BCUT2D eigenvalue weighted by molar-refractivity contribution is -0.0172. The number of aliphatic hydroxyl groups excluding tert-OH is 1. The van der Waals surface area contributed by atoms with Gasteiger partial charge in [0.05, 0.1) is 13.7 Å². The fourth-order valence-electron chi connectivity index (χ4n) is 1.97. The molecular formula is C12H16O4. The second-order valence-electron chi connectivity index (χ2n) is 3.85. The maximum absolute atomic E-state index is 9.27. The van der Waals surface area contributed by atoms with E-state index in [0.29, 0.717) is 6.61 Å². The molecule has 0 aromatic heterocycles. The highest BCUT2D eigenvalue weighted by molar-refractivity contribution is 5.50. The third-order valence-electron chi connectivity index (χ3n) is 2.80. The van der Waals surface area contributed by atoms with E-state index in [4.69, 9.17) is 14.2 Å². The Bertz CT molecular complexity index is 376. The predicted molar refractivity (Wildman–Crippen MR) is 58.8 cm³/mol. The van der Waals surface area contributed by atoms with Crippen molar-refractivity contribution >= 4 is 0 Å². The minimum atomic E-state index is 0.00944. The summed E-state index contributed by atoms with van der Waals surface area (Å²) in [6, 6.07) is 3.75. The van der Waals surface area contributed by atoms with Crippen molar-refractivity contribution in [3.63, 3.8) is 0 Å². The zero-order chi connectivity index (χ0) is 11.5. The molecule has 1 unspecified atom stereocenters. The van der Waals surface area contributed by atoms with Crippen LogP contribution in [0.2, 0.25) is 0 Å². The van der Waals surface area contributed by atoms with Crippen molar-refractivity contribution in [3.8, 4) is 11.5 Å². The van der Waals surface area contributed by atoms with Gasteiger partial charge in [-0.25, -0.2) is 0 Å². The van der Waals surface area contributed by atoms with Crippen molar-refractivity contribution in [1.29, 1.82) is 0 Å². The molecule has 0 fully saturated rings. The highest BCUT2D eigenvalue weighted by Crippen LogP contribution is 2.37. The largest absolute Gasteiger partial charge is 0.496 e. The average Bonchev–Trinajstić information content (AvgIpc) is 2.36. The first-order chi connectivity index (χ1) is 7.77. The van der Waals surface area contributed by atoms with Crippen molar-refractivity contribution in [3.05, 3.63) is 23.3 Å². The van der Waals surface area contributed by atoms with Crippen LogP contribution in [0.4, 0.5) is 0 Å². The Labute approximate surface area is 94.8 Å². The quantitative estimate of drug-likeness (QED) is 0.848. The Hall–Kier alpha value is -1.26. The minimum Gasteiger partial charge on any atom is -0.496 e. The lowest BCUT2D eigenvalue weighted by Gasteiger charge is -2.24. The molecular weight excluding hydrogens is 208 g/mol. The molecule has 1 N–H and O–H groups in total. The molecule has 0 spiro atoms. The summed E-state index contributed by atoms with van der Waals surface area (Å²) >= 11 is 0. The van der Waals surface area contributed by atoms with Gasteiger partial charge in [0.25, 0.3) is 0 Å². The van der Waals surface area contributed by atoms with Gasteiger partial charge in [-0.1, -0.05) is 6.92 Å². The van der Waals surface area contributed by atoms with E-state index in [0.717, 1.165) is 22.6 Å². The first-order valence-corrected chi connectivity index (χ1v) is 5.29. The molecule has 0 bridgehead atoms. The van der Waals surface area contributed by atoms with E-state index in [1.54, 1.807) is 7.11 Å². The van der Waals surface area contributed by atoms with Crippen molar-refractivity contribution in [2.75, 3.05) is 20.5 Å². The van der Waals surface area contributed by atoms with Gasteiger partial charge < -0.3 is 19.3 Å². The van der Waals surface area contributed by atoms with Crippen LogP contribution in [0.15, 0.2) is 12.1 Å². The molecule has 1 aromatic carbocycles. The van der Waals surface area contributed by atoms with E-state index in [-0.39, 0.29) is 19.3 Å². The summed E-state index contributed by atoms with van der Waals surface area (Å²) in [6.45, 7) is 2.82. The third kappa shape index (κ3) is 1.86. The van der Waals surface area contributed by atoms with Gasteiger partial charge in [-0.3, -0.25) is 0 Å². The zero-order valence-corrected chi connectivity index (χ0v) is 9.53. The molecule has 2 rings (SSSR count). The maximum atomic E-state index is 9.27. The molecule has 4 nitrogen and oxygen atoms in total. The third-order valence-corrected chi connectivity index (χ3v) is 2.80. The van der Waals surface area contributed by atoms with Gasteiger partial charge in [0.1, 0.15) is 11.5 Å². The van der Waals surface area contributed by atoms with Gasteiger partial charge in [-0.2, -0.15) is 0 Å².